The maximum atomic E-state index is 12.1. The van der Waals surface area contributed by atoms with E-state index >= 15 is 0 Å². The molecule has 1 heterocycles. The molecule has 1 atom stereocenters. The van der Waals surface area contributed by atoms with Crippen molar-refractivity contribution in [2.75, 3.05) is 5.32 Å². The number of aryl methyl sites for hydroxylation is 1. The van der Waals surface area contributed by atoms with Crippen molar-refractivity contribution in [2.45, 2.75) is 52.0 Å². The van der Waals surface area contributed by atoms with Gasteiger partial charge in [-0.15, -0.1) is 6.58 Å². The number of hydrogen-bond acceptors (Lipinski definition) is 4. The van der Waals surface area contributed by atoms with Crippen molar-refractivity contribution in [2.24, 2.45) is 5.92 Å². The van der Waals surface area contributed by atoms with Gasteiger partial charge in [0.05, 0.1) is 6.20 Å². The fourth-order valence-electron chi connectivity index (χ4n) is 2.80. The molecule has 1 aromatic rings. The van der Waals surface area contributed by atoms with Crippen LogP contribution in [0.25, 0.3) is 0 Å². The summed E-state index contributed by atoms with van der Waals surface area (Å²) in [4.78, 5) is 12.1. The topological polar surface area (TPSA) is 70.7 Å². The number of hydrogen-bond donors (Lipinski definition) is 1. The number of anilines is 1. The minimum Gasteiger partial charge on any atom is -0.343 e. The van der Waals surface area contributed by atoms with Gasteiger partial charge in [0.25, 0.3) is 0 Å². The van der Waals surface area contributed by atoms with Crippen molar-refractivity contribution in [3.05, 3.63) is 36.2 Å². The third-order valence-corrected chi connectivity index (χ3v) is 4.14. The van der Waals surface area contributed by atoms with E-state index in [-0.39, 0.29) is 11.7 Å². The highest BCUT2D eigenvalue weighted by molar-refractivity contribution is 5.93. The molecular weight excluding hydrogens is 288 g/mol. The molecule has 5 heteroatoms. The summed E-state index contributed by atoms with van der Waals surface area (Å²) in [6.07, 6.45) is 10.7. The predicted molar refractivity (Wildman–Crippen MR) is 90.7 cm³/mol. The molecule has 0 saturated heterocycles. The molecule has 0 saturated carbocycles. The molecule has 1 aliphatic carbocycles. The molecule has 0 aliphatic heterocycles. The fourth-order valence-corrected chi connectivity index (χ4v) is 2.80. The first kappa shape index (κ1) is 17.0. The van der Waals surface area contributed by atoms with E-state index in [4.69, 9.17) is 0 Å². The monoisotopic (exact) mass is 312 g/mol. The Hall–Kier alpha value is -2.35. The molecule has 0 amide bonds. The van der Waals surface area contributed by atoms with Crippen LogP contribution in [-0.4, -0.2) is 15.6 Å². The molecule has 0 bridgehead atoms. The first-order valence-electron chi connectivity index (χ1n) is 8.27. The van der Waals surface area contributed by atoms with E-state index in [0.717, 1.165) is 50.8 Å². The maximum absolute atomic E-state index is 12.1. The average molecular weight is 312 g/mol. The van der Waals surface area contributed by atoms with Crippen LogP contribution in [0.1, 0.15) is 51.0 Å². The van der Waals surface area contributed by atoms with E-state index in [1.165, 1.54) is 0 Å². The number of unbranched alkanes of at least 4 members (excludes halogenated alkanes) is 2. The molecule has 1 unspecified atom stereocenters. The number of nitrogens with zero attached hydrogens (tertiary/aromatic N) is 3. The van der Waals surface area contributed by atoms with E-state index in [9.17, 15) is 10.1 Å². The molecule has 0 radical (unpaired) electrons. The van der Waals surface area contributed by atoms with Gasteiger partial charge in [-0.3, -0.25) is 4.79 Å². The summed E-state index contributed by atoms with van der Waals surface area (Å²) >= 11 is 0. The van der Waals surface area contributed by atoms with Gasteiger partial charge in [0.15, 0.2) is 5.78 Å². The van der Waals surface area contributed by atoms with Crippen molar-refractivity contribution in [3.63, 3.8) is 0 Å². The van der Waals surface area contributed by atoms with E-state index in [1.54, 1.807) is 18.3 Å². The summed E-state index contributed by atoms with van der Waals surface area (Å²) in [5.74, 6) is 0.877. The Morgan fingerprint density at radius 3 is 3.04 bits per heavy atom. The summed E-state index contributed by atoms with van der Waals surface area (Å²) < 4.78 is 1.83. The lowest BCUT2D eigenvalue weighted by Crippen LogP contribution is -2.20. The number of carbonyl (C=O) groups is 1. The normalized spacial score (nSPS) is 17.5. The molecule has 1 aromatic heterocycles. The van der Waals surface area contributed by atoms with Crippen molar-refractivity contribution in [1.82, 2.24) is 9.78 Å². The number of nitrogens with one attached hydrogen (secondary N) is 1. The lowest BCUT2D eigenvalue weighted by atomic mass is 9.88. The highest BCUT2D eigenvalue weighted by Crippen LogP contribution is 2.26. The first-order valence-corrected chi connectivity index (χ1v) is 8.27. The lowest BCUT2D eigenvalue weighted by molar-refractivity contribution is -0.118. The van der Waals surface area contributed by atoms with Gasteiger partial charge in [0.1, 0.15) is 17.5 Å². The quantitative estimate of drug-likeness (QED) is 0.585. The van der Waals surface area contributed by atoms with Crippen LogP contribution in [0.5, 0.6) is 0 Å². The second-order valence-corrected chi connectivity index (χ2v) is 5.91. The maximum Gasteiger partial charge on any atom is 0.160 e. The second-order valence-electron chi connectivity index (χ2n) is 5.91. The van der Waals surface area contributed by atoms with Crippen LogP contribution in [0.3, 0.4) is 0 Å². The van der Waals surface area contributed by atoms with Crippen LogP contribution in [0.2, 0.25) is 0 Å². The van der Waals surface area contributed by atoms with Crippen LogP contribution in [-0.2, 0) is 11.3 Å². The summed E-state index contributed by atoms with van der Waals surface area (Å²) in [5.41, 5.74) is 1.38. The van der Waals surface area contributed by atoms with Crippen LogP contribution >= 0.6 is 0 Å². The van der Waals surface area contributed by atoms with Gasteiger partial charge in [-0.25, -0.2) is 4.68 Å². The van der Waals surface area contributed by atoms with Gasteiger partial charge >= 0.3 is 0 Å². The zero-order valence-corrected chi connectivity index (χ0v) is 13.7. The summed E-state index contributed by atoms with van der Waals surface area (Å²) in [7, 11) is 0. The van der Waals surface area contributed by atoms with Crippen molar-refractivity contribution < 1.29 is 4.79 Å². The standard InChI is InChI=1S/C18H24N4O/c1-3-5-6-10-22-18(15(12-19)13-20-22)21-16-9-8-14(7-4-2)17(23)11-16/h4,11,13-14,21H,2-3,5-10H2,1H3. The summed E-state index contributed by atoms with van der Waals surface area (Å²) in [6, 6.07) is 2.17. The molecule has 0 aromatic carbocycles. The van der Waals surface area contributed by atoms with Gasteiger partial charge in [0, 0.05) is 24.2 Å². The molecule has 2 rings (SSSR count). The average Bonchev–Trinajstić information content (AvgIpc) is 2.92. The van der Waals surface area contributed by atoms with Gasteiger partial charge in [-0.1, -0.05) is 25.8 Å². The highest BCUT2D eigenvalue weighted by Gasteiger charge is 2.22. The number of allylic oxidation sites excluding steroid dienone is 3. The molecule has 122 valence electrons. The molecular formula is C18H24N4O. The molecule has 1 N–H and O–H groups in total. The smallest absolute Gasteiger partial charge is 0.160 e. The Morgan fingerprint density at radius 1 is 1.57 bits per heavy atom. The Morgan fingerprint density at radius 2 is 2.39 bits per heavy atom. The van der Waals surface area contributed by atoms with E-state index in [2.05, 4.69) is 30.0 Å². The van der Waals surface area contributed by atoms with Crippen molar-refractivity contribution >= 4 is 11.6 Å². The Labute approximate surface area is 137 Å². The number of carbonyl (C=O) groups excluding carboxylic acids is 1. The van der Waals surface area contributed by atoms with Gasteiger partial charge in [-0.05, 0) is 25.7 Å². The lowest BCUT2D eigenvalue weighted by Gasteiger charge is -2.21. The highest BCUT2D eigenvalue weighted by atomic mass is 16.1. The van der Waals surface area contributed by atoms with Gasteiger partial charge in [-0.2, -0.15) is 10.4 Å². The van der Waals surface area contributed by atoms with E-state index in [0.29, 0.717) is 11.4 Å². The molecule has 0 spiro atoms. The second kappa shape index (κ2) is 8.33. The van der Waals surface area contributed by atoms with Crippen molar-refractivity contribution in [1.29, 1.82) is 5.26 Å². The molecule has 23 heavy (non-hydrogen) atoms. The van der Waals surface area contributed by atoms with Crippen LogP contribution < -0.4 is 5.32 Å². The summed E-state index contributed by atoms with van der Waals surface area (Å²) in [6.45, 7) is 6.63. The zero-order valence-electron chi connectivity index (χ0n) is 13.7. The number of aromatic nitrogens is 2. The molecule has 1 aliphatic rings. The largest absolute Gasteiger partial charge is 0.343 e. The van der Waals surface area contributed by atoms with E-state index < -0.39 is 0 Å². The summed E-state index contributed by atoms with van der Waals surface area (Å²) in [5, 5.41) is 16.8. The van der Waals surface area contributed by atoms with Crippen LogP contribution in [0.15, 0.2) is 30.6 Å². The van der Waals surface area contributed by atoms with Gasteiger partial charge < -0.3 is 5.32 Å². The first-order chi connectivity index (χ1) is 11.2. The SMILES string of the molecule is C=CCC1CCC(Nc2c(C#N)cnn2CCCCC)=CC1=O. The van der Waals surface area contributed by atoms with Crippen LogP contribution in [0.4, 0.5) is 5.82 Å². The number of nitriles is 1. The zero-order chi connectivity index (χ0) is 16.7. The minimum atomic E-state index is 0.0444. The number of rotatable bonds is 8. The predicted octanol–water partition coefficient (Wildman–Crippen LogP) is 3.80. The Bertz CT molecular complexity index is 636. The Kier molecular flexibility index (Phi) is 6.16. The fraction of sp³-hybridized carbons (Fsp3) is 0.500. The van der Waals surface area contributed by atoms with Crippen LogP contribution in [0, 0.1) is 17.2 Å². The molecule has 0 fully saturated rings. The number of ketones is 1. The van der Waals surface area contributed by atoms with E-state index in [1.807, 2.05) is 4.68 Å². The molecule has 5 nitrogen and oxygen atoms in total. The van der Waals surface area contributed by atoms with Crippen molar-refractivity contribution in [3.8, 4) is 6.07 Å². The third-order valence-electron chi connectivity index (χ3n) is 4.14. The Balaban J connectivity index is 2.11. The minimum absolute atomic E-state index is 0.0444. The van der Waals surface area contributed by atoms with Gasteiger partial charge in [0.2, 0.25) is 0 Å². The third kappa shape index (κ3) is 4.32.